The van der Waals surface area contributed by atoms with Gasteiger partial charge in [-0.15, -0.1) is 11.8 Å². The molecule has 170 valence electrons. The van der Waals surface area contributed by atoms with Gasteiger partial charge in [0.05, 0.1) is 49.3 Å². The van der Waals surface area contributed by atoms with Crippen LogP contribution in [0.5, 0.6) is 11.5 Å². The number of ether oxygens (including phenoxy) is 3. The zero-order chi connectivity index (χ0) is 23.8. The number of allylic oxidation sites excluding steroid dienone is 1. The number of hydrogen-bond donors (Lipinski definition) is 1. The lowest BCUT2D eigenvalue weighted by molar-refractivity contribution is -0.149. The summed E-state index contributed by atoms with van der Waals surface area (Å²) in [5.41, 5.74) is 0.366. The standard InChI is InChI=1S/C24H22N2O6S/c1-30-19-9-8-16(10-20(19)31-2)24(29)13-33-22-18(12-25)17(11-21(27)26(22)24)14-4-6-15(7-5-14)23(28)32-3/h4-10,17,29H,11,13H2,1-3H3. The van der Waals surface area contributed by atoms with Crippen molar-refractivity contribution in [1.82, 2.24) is 4.90 Å². The average molecular weight is 467 g/mol. The van der Waals surface area contributed by atoms with Gasteiger partial charge in [0.25, 0.3) is 0 Å². The van der Waals surface area contributed by atoms with E-state index in [0.717, 1.165) is 5.56 Å². The van der Waals surface area contributed by atoms with Crippen molar-refractivity contribution in [2.24, 2.45) is 0 Å². The molecule has 2 aromatic rings. The third-order valence-electron chi connectivity index (χ3n) is 5.89. The number of fused-ring (bicyclic) bond motifs is 1. The van der Waals surface area contributed by atoms with Crippen molar-refractivity contribution in [1.29, 1.82) is 5.26 Å². The van der Waals surface area contributed by atoms with Gasteiger partial charge >= 0.3 is 5.97 Å². The first-order valence-corrected chi connectivity index (χ1v) is 11.1. The molecule has 1 N–H and O–H groups in total. The molecule has 2 aliphatic heterocycles. The fraction of sp³-hybridized carbons (Fsp3) is 0.292. The smallest absolute Gasteiger partial charge is 0.337 e. The third kappa shape index (κ3) is 3.71. The number of thioether (sulfide) groups is 1. The zero-order valence-electron chi connectivity index (χ0n) is 18.3. The molecule has 1 amide bonds. The van der Waals surface area contributed by atoms with Crippen molar-refractivity contribution in [3.05, 3.63) is 69.8 Å². The van der Waals surface area contributed by atoms with E-state index in [0.29, 0.717) is 33.2 Å². The average Bonchev–Trinajstić information content (AvgIpc) is 3.22. The monoisotopic (exact) mass is 466 g/mol. The number of benzene rings is 2. The molecule has 2 aliphatic rings. The normalized spacial score (nSPS) is 22.0. The molecule has 1 saturated heterocycles. The largest absolute Gasteiger partial charge is 0.493 e. The van der Waals surface area contributed by atoms with Gasteiger partial charge in [-0.3, -0.25) is 9.69 Å². The molecule has 0 radical (unpaired) electrons. The van der Waals surface area contributed by atoms with E-state index < -0.39 is 17.6 Å². The molecule has 4 rings (SSSR count). The van der Waals surface area contributed by atoms with E-state index in [1.165, 1.54) is 38.0 Å². The van der Waals surface area contributed by atoms with Crippen LogP contribution in [0.15, 0.2) is 53.1 Å². The summed E-state index contributed by atoms with van der Waals surface area (Å²) in [7, 11) is 4.32. The Bertz CT molecular complexity index is 1190. The Morgan fingerprint density at radius 2 is 1.85 bits per heavy atom. The maximum absolute atomic E-state index is 13.3. The van der Waals surface area contributed by atoms with E-state index in [1.807, 2.05) is 0 Å². The van der Waals surface area contributed by atoms with Crippen molar-refractivity contribution in [2.75, 3.05) is 27.1 Å². The highest BCUT2D eigenvalue weighted by Gasteiger charge is 2.52. The number of carbonyl (C=O) groups excluding carboxylic acids is 2. The van der Waals surface area contributed by atoms with E-state index in [1.54, 1.807) is 42.5 Å². The lowest BCUT2D eigenvalue weighted by Gasteiger charge is -2.38. The number of rotatable bonds is 5. The molecule has 2 unspecified atom stereocenters. The van der Waals surface area contributed by atoms with Gasteiger partial charge in [-0.2, -0.15) is 5.26 Å². The van der Waals surface area contributed by atoms with Crippen LogP contribution in [0.2, 0.25) is 0 Å². The van der Waals surface area contributed by atoms with Gasteiger partial charge < -0.3 is 19.3 Å². The van der Waals surface area contributed by atoms with E-state index in [4.69, 9.17) is 14.2 Å². The molecule has 33 heavy (non-hydrogen) atoms. The highest BCUT2D eigenvalue weighted by atomic mass is 32.2. The van der Waals surface area contributed by atoms with Crippen LogP contribution in [-0.2, 0) is 15.3 Å². The molecule has 8 nitrogen and oxygen atoms in total. The molecular weight excluding hydrogens is 444 g/mol. The summed E-state index contributed by atoms with van der Waals surface area (Å²) in [6, 6.07) is 13.9. The molecule has 0 aromatic heterocycles. The predicted octanol–water partition coefficient (Wildman–Crippen LogP) is 3.13. The van der Waals surface area contributed by atoms with Crippen LogP contribution in [0.4, 0.5) is 0 Å². The molecule has 0 aliphatic carbocycles. The van der Waals surface area contributed by atoms with E-state index in [9.17, 15) is 20.0 Å². The van der Waals surface area contributed by atoms with E-state index >= 15 is 0 Å². The number of nitriles is 1. The highest BCUT2D eigenvalue weighted by Crippen LogP contribution is 2.52. The Balaban J connectivity index is 1.74. The number of esters is 1. The van der Waals surface area contributed by atoms with Crippen molar-refractivity contribution in [2.45, 2.75) is 18.1 Å². The molecule has 1 fully saturated rings. The summed E-state index contributed by atoms with van der Waals surface area (Å²) in [5.74, 6) is -0.126. The first-order valence-electron chi connectivity index (χ1n) is 10.1. The molecule has 0 spiro atoms. The first-order chi connectivity index (χ1) is 15.9. The van der Waals surface area contributed by atoms with Crippen molar-refractivity contribution >= 4 is 23.6 Å². The molecule has 0 saturated carbocycles. The van der Waals surface area contributed by atoms with Gasteiger partial charge in [-0.1, -0.05) is 18.2 Å². The maximum atomic E-state index is 13.3. The van der Waals surface area contributed by atoms with Gasteiger partial charge in [0, 0.05) is 17.9 Å². The number of aliphatic hydroxyl groups is 1. The number of hydrogen-bond acceptors (Lipinski definition) is 8. The molecule has 2 atom stereocenters. The maximum Gasteiger partial charge on any atom is 0.337 e. The van der Waals surface area contributed by atoms with Crippen molar-refractivity contribution in [3.63, 3.8) is 0 Å². The lowest BCUT2D eigenvalue weighted by atomic mass is 9.85. The van der Waals surface area contributed by atoms with Crippen LogP contribution < -0.4 is 9.47 Å². The quantitative estimate of drug-likeness (QED) is 0.670. The summed E-state index contributed by atoms with van der Waals surface area (Å²) in [6.45, 7) is 0. The predicted molar refractivity (Wildman–Crippen MR) is 121 cm³/mol. The minimum atomic E-state index is -1.63. The molecule has 9 heteroatoms. The fourth-order valence-electron chi connectivity index (χ4n) is 4.18. The number of carbonyl (C=O) groups is 2. The summed E-state index contributed by atoms with van der Waals surface area (Å²) in [6.07, 6.45) is 0.0140. The SMILES string of the molecule is COC(=O)c1ccc(C2CC(=O)N3C(=C2C#N)SCC3(O)c2ccc(OC)c(OC)c2)cc1. The second kappa shape index (κ2) is 8.81. The van der Waals surface area contributed by atoms with Crippen molar-refractivity contribution in [3.8, 4) is 17.6 Å². The summed E-state index contributed by atoms with van der Waals surface area (Å²) < 4.78 is 15.3. The van der Waals surface area contributed by atoms with Crippen molar-refractivity contribution < 1.29 is 28.9 Å². The third-order valence-corrected chi connectivity index (χ3v) is 7.11. The second-order valence-corrected chi connectivity index (χ2v) is 8.57. The second-order valence-electron chi connectivity index (χ2n) is 7.61. The Kier molecular flexibility index (Phi) is 6.06. The van der Waals surface area contributed by atoms with Crippen LogP contribution >= 0.6 is 11.8 Å². The van der Waals surface area contributed by atoms with Gasteiger partial charge in [-0.05, 0) is 29.8 Å². The Hall–Kier alpha value is -3.48. The minimum absolute atomic E-state index is 0.0140. The lowest BCUT2D eigenvalue weighted by Crippen LogP contribution is -2.48. The van der Waals surface area contributed by atoms with Gasteiger partial charge in [-0.25, -0.2) is 4.79 Å². The molecule has 2 heterocycles. The highest BCUT2D eigenvalue weighted by molar-refractivity contribution is 8.03. The van der Waals surface area contributed by atoms with E-state index in [-0.39, 0.29) is 18.1 Å². The Labute approximate surface area is 195 Å². The summed E-state index contributed by atoms with van der Waals surface area (Å²) in [5, 5.41) is 22.0. The molecule has 0 bridgehead atoms. The van der Waals surface area contributed by atoms with Crippen LogP contribution in [0, 0.1) is 11.3 Å². The van der Waals surface area contributed by atoms with Gasteiger partial charge in [0.1, 0.15) is 0 Å². The van der Waals surface area contributed by atoms with Gasteiger partial charge in [0.2, 0.25) is 5.91 Å². The molecular formula is C24H22N2O6S. The van der Waals surface area contributed by atoms with Gasteiger partial charge in [0.15, 0.2) is 17.2 Å². The summed E-state index contributed by atoms with van der Waals surface area (Å²) in [4.78, 5) is 26.3. The number of nitrogens with zero attached hydrogens (tertiary/aromatic N) is 2. The topological polar surface area (TPSA) is 109 Å². The summed E-state index contributed by atoms with van der Waals surface area (Å²) >= 11 is 1.26. The van der Waals surface area contributed by atoms with E-state index in [2.05, 4.69) is 6.07 Å². The van der Waals surface area contributed by atoms with Crippen LogP contribution in [0.3, 0.4) is 0 Å². The van der Waals surface area contributed by atoms with Crippen LogP contribution in [0.25, 0.3) is 0 Å². The Morgan fingerprint density at radius 3 is 2.45 bits per heavy atom. The van der Waals surface area contributed by atoms with Crippen LogP contribution in [-0.4, -0.2) is 49.0 Å². The molecule has 2 aromatic carbocycles. The number of amides is 1. The zero-order valence-corrected chi connectivity index (χ0v) is 19.1. The van der Waals surface area contributed by atoms with Crippen LogP contribution in [0.1, 0.15) is 33.8 Å². The fourth-order valence-corrected chi connectivity index (χ4v) is 5.54. The number of methoxy groups -OCH3 is 3. The Morgan fingerprint density at radius 1 is 1.15 bits per heavy atom. The first kappa shape index (κ1) is 22.7. The minimum Gasteiger partial charge on any atom is -0.493 e.